The molecule has 31 heavy (non-hydrogen) atoms. The molecule has 168 valence electrons. The Morgan fingerprint density at radius 1 is 0.903 bits per heavy atom. The number of nitrogens with zero attached hydrogens (tertiary/aromatic N) is 1. The van der Waals surface area contributed by atoms with E-state index in [1.54, 1.807) is 0 Å². The van der Waals surface area contributed by atoms with Gasteiger partial charge in [-0.15, -0.1) is 0 Å². The predicted octanol–water partition coefficient (Wildman–Crippen LogP) is 6.05. The molecule has 0 radical (unpaired) electrons. The highest BCUT2D eigenvalue weighted by atomic mass is 32.2. The largest absolute Gasteiger partial charge is 0.298 e. The molecule has 3 atom stereocenters. The lowest BCUT2D eigenvalue weighted by atomic mass is 10.0. The first-order chi connectivity index (χ1) is 14.8. The predicted molar refractivity (Wildman–Crippen MR) is 126 cm³/mol. The Morgan fingerprint density at radius 3 is 2.10 bits per heavy atom. The van der Waals surface area contributed by atoms with Gasteiger partial charge in [0.2, 0.25) is 10.0 Å². The second-order valence-corrected chi connectivity index (χ2v) is 10.6. The Bertz CT molecular complexity index is 991. The van der Waals surface area contributed by atoms with Crippen LogP contribution in [0.1, 0.15) is 80.2 Å². The minimum Gasteiger partial charge on any atom is -0.298 e. The van der Waals surface area contributed by atoms with Crippen LogP contribution in [0.3, 0.4) is 0 Å². The molecule has 0 amide bonds. The van der Waals surface area contributed by atoms with Crippen molar-refractivity contribution in [2.24, 2.45) is 0 Å². The molecule has 1 heterocycles. The van der Waals surface area contributed by atoms with Gasteiger partial charge in [0.25, 0.3) is 0 Å². The lowest BCUT2D eigenvalue weighted by Gasteiger charge is -2.14. The molecule has 5 heteroatoms. The summed E-state index contributed by atoms with van der Waals surface area (Å²) in [7, 11) is -3.77. The second kappa shape index (κ2) is 10.1. The molecule has 3 rings (SSSR count). The van der Waals surface area contributed by atoms with Gasteiger partial charge in [0.05, 0.1) is 10.9 Å². The fraction of sp³-hybridized carbons (Fsp3) is 0.500. The minimum atomic E-state index is -3.77. The molecule has 2 aromatic rings. The molecule has 0 aromatic heterocycles. The standard InChI is InChI=1S/C26H35NO3S/c1-5-6-7-8-9-13-16-23(28)25-24(22-14-11-10-12-15-22)27(25)31(29,30)26-20(3)17-19(2)18-21(26)4/h10-12,14-15,17-18,24-25H,5-9,13,16H2,1-4H3. The third kappa shape index (κ3) is 5.27. The molecule has 1 aliphatic heterocycles. The van der Waals surface area contributed by atoms with Crippen LogP contribution in [-0.4, -0.2) is 24.5 Å². The topological polar surface area (TPSA) is 54.2 Å². The fourth-order valence-electron chi connectivity index (χ4n) is 4.71. The monoisotopic (exact) mass is 441 g/mol. The minimum absolute atomic E-state index is 0.0373. The van der Waals surface area contributed by atoms with E-state index in [9.17, 15) is 13.2 Å². The highest BCUT2D eigenvalue weighted by Gasteiger charge is 2.59. The first kappa shape index (κ1) is 23.7. The van der Waals surface area contributed by atoms with Crippen LogP contribution in [0.15, 0.2) is 47.4 Å². The van der Waals surface area contributed by atoms with Crippen molar-refractivity contribution in [3.8, 4) is 0 Å². The lowest BCUT2D eigenvalue weighted by Crippen LogP contribution is -2.21. The van der Waals surface area contributed by atoms with Crippen molar-refractivity contribution in [1.82, 2.24) is 4.31 Å². The summed E-state index contributed by atoms with van der Waals surface area (Å²) in [6.45, 7) is 7.82. The molecule has 0 spiro atoms. The van der Waals surface area contributed by atoms with Crippen molar-refractivity contribution in [3.05, 3.63) is 64.7 Å². The van der Waals surface area contributed by atoms with Gasteiger partial charge in [-0.2, -0.15) is 4.31 Å². The van der Waals surface area contributed by atoms with E-state index in [0.717, 1.165) is 41.5 Å². The molecule has 2 aromatic carbocycles. The van der Waals surface area contributed by atoms with Crippen LogP contribution >= 0.6 is 0 Å². The quantitative estimate of drug-likeness (QED) is 0.315. The maximum atomic E-state index is 13.7. The Balaban J connectivity index is 1.82. The number of sulfonamides is 1. The number of carbonyl (C=O) groups is 1. The smallest absolute Gasteiger partial charge is 0.244 e. The normalized spacial score (nSPS) is 20.6. The number of hydrogen-bond acceptors (Lipinski definition) is 3. The summed E-state index contributed by atoms with van der Waals surface area (Å²) in [6, 6.07) is 12.3. The van der Waals surface area contributed by atoms with E-state index in [4.69, 9.17) is 0 Å². The summed E-state index contributed by atoms with van der Waals surface area (Å²) in [5, 5.41) is 0. The van der Waals surface area contributed by atoms with Gasteiger partial charge in [0.15, 0.2) is 5.78 Å². The van der Waals surface area contributed by atoms with Gasteiger partial charge >= 0.3 is 0 Å². The van der Waals surface area contributed by atoms with Crippen molar-refractivity contribution < 1.29 is 13.2 Å². The zero-order valence-electron chi connectivity index (χ0n) is 19.2. The van der Waals surface area contributed by atoms with Gasteiger partial charge in [-0.1, -0.05) is 87.1 Å². The lowest BCUT2D eigenvalue weighted by molar-refractivity contribution is -0.119. The van der Waals surface area contributed by atoms with Crippen LogP contribution in [0.5, 0.6) is 0 Å². The number of aryl methyl sites for hydroxylation is 3. The van der Waals surface area contributed by atoms with Gasteiger partial charge in [0, 0.05) is 6.42 Å². The molecule has 0 saturated carbocycles. The summed E-state index contributed by atoms with van der Waals surface area (Å²) >= 11 is 0. The van der Waals surface area contributed by atoms with Gasteiger partial charge in [-0.25, -0.2) is 8.42 Å². The van der Waals surface area contributed by atoms with Crippen LogP contribution in [0.2, 0.25) is 0 Å². The Morgan fingerprint density at radius 2 is 1.48 bits per heavy atom. The SMILES string of the molecule is CCCCCCCCC(=O)C1C(c2ccccc2)N1S(=O)(=O)c1c(C)cc(C)cc1C. The third-order valence-electron chi connectivity index (χ3n) is 6.15. The van der Waals surface area contributed by atoms with E-state index >= 15 is 0 Å². The zero-order chi connectivity index (χ0) is 22.6. The average Bonchev–Trinajstić information content (AvgIpc) is 3.47. The number of carbonyl (C=O) groups excluding carboxylic acids is 1. The molecular weight excluding hydrogens is 406 g/mol. The summed E-state index contributed by atoms with van der Waals surface area (Å²) < 4.78 is 28.8. The first-order valence-electron chi connectivity index (χ1n) is 11.5. The van der Waals surface area contributed by atoms with Gasteiger partial charge in [-0.3, -0.25) is 4.79 Å². The molecule has 0 bridgehead atoms. The summed E-state index contributed by atoms with van der Waals surface area (Å²) in [5.74, 6) is 0.0373. The molecule has 4 nitrogen and oxygen atoms in total. The van der Waals surface area contributed by atoms with Crippen LogP contribution in [-0.2, 0) is 14.8 Å². The second-order valence-electron chi connectivity index (χ2n) is 8.85. The van der Waals surface area contributed by atoms with E-state index in [2.05, 4.69) is 6.92 Å². The number of unbranched alkanes of at least 4 members (excludes halogenated alkanes) is 5. The highest BCUT2D eigenvalue weighted by molar-refractivity contribution is 7.89. The van der Waals surface area contributed by atoms with Crippen molar-refractivity contribution in [2.45, 2.75) is 89.6 Å². The van der Waals surface area contributed by atoms with Gasteiger partial charge in [-0.05, 0) is 43.9 Å². The van der Waals surface area contributed by atoms with Crippen LogP contribution < -0.4 is 0 Å². The molecule has 0 aliphatic carbocycles. The van der Waals surface area contributed by atoms with Crippen molar-refractivity contribution in [1.29, 1.82) is 0 Å². The first-order valence-corrected chi connectivity index (χ1v) is 12.9. The van der Waals surface area contributed by atoms with E-state index in [0.29, 0.717) is 11.3 Å². The fourth-order valence-corrected chi connectivity index (χ4v) is 6.87. The van der Waals surface area contributed by atoms with Crippen molar-refractivity contribution >= 4 is 15.8 Å². The molecule has 1 fully saturated rings. The van der Waals surface area contributed by atoms with E-state index in [1.807, 2.05) is 63.2 Å². The number of rotatable bonds is 11. The molecule has 1 aliphatic rings. The van der Waals surface area contributed by atoms with Crippen LogP contribution in [0.4, 0.5) is 0 Å². The summed E-state index contributed by atoms with van der Waals surface area (Å²) in [4.78, 5) is 13.4. The van der Waals surface area contributed by atoms with Crippen molar-refractivity contribution in [2.75, 3.05) is 0 Å². The number of ketones is 1. The molecule has 3 unspecified atom stereocenters. The van der Waals surface area contributed by atoms with E-state index in [-0.39, 0.29) is 5.78 Å². The number of hydrogen-bond donors (Lipinski definition) is 0. The van der Waals surface area contributed by atoms with Gasteiger partial charge in [0.1, 0.15) is 6.04 Å². The Kier molecular flexibility index (Phi) is 7.71. The highest BCUT2D eigenvalue weighted by Crippen LogP contribution is 2.49. The Labute approximate surface area is 187 Å². The summed E-state index contributed by atoms with van der Waals surface area (Å²) in [6.07, 6.45) is 7.07. The zero-order valence-corrected chi connectivity index (χ0v) is 20.0. The van der Waals surface area contributed by atoms with Gasteiger partial charge < -0.3 is 0 Å². The van der Waals surface area contributed by atoms with E-state index in [1.165, 1.54) is 23.6 Å². The average molecular weight is 442 g/mol. The molecular formula is C26H35NO3S. The maximum absolute atomic E-state index is 13.7. The third-order valence-corrected chi connectivity index (χ3v) is 8.31. The summed E-state index contributed by atoms with van der Waals surface area (Å²) in [5.41, 5.74) is 3.39. The van der Waals surface area contributed by atoms with Crippen LogP contribution in [0.25, 0.3) is 0 Å². The van der Waals surface area contributed by atoms with Crippen LogP contribution in [0, 0.1) is 20.8 Å². The molecule has 0 N–H and O–H groups in total. The number of benzene rings is 2. The molecule has 1 saturated heterocycles. The number of Topliss-reactive ketones (excluding diaryl/α,β-unsaturated/α-hetero) is 1. The van der Waals surface area contributed by atoms with E-state index < -0.39 is 22.1 Å². The maximum Gasteiger partial charge on any atom is 0.244 e. The Hall–Kier alpha value is -1.98. The van der Waals surface area contributed by atoms with Crippen molar-refractivity contribution in [3.63, 3.8) is 0 Å².